The van der Waals surface area contributed by atoms with E-state index in [1.54, 1.807) is 0 Å². The van der Waals surface area contributed by atoms with Crippen LogP contribution in [0.15, 0.2) is 18.2 Å². The van der Waals surface area contributed by atoms with Crippen molar-refractivity contribution in [2.24, 2.45) is 0 Å². The second-order valence-electron chi connectivity index (χ2n) is 5.95. The number of aliphatic hydroxyl groups excluding tert-OH is 1. The molecular formula is C16H26N2O. The molecule has 0 saturated carbocycles. The fraction of sp³-hybridized carbons (Fsp3) is 0.625. The van der Waals surface area contributed by atoms with Gasteiger partial charge in [0.25, 0.3) is 0 Å². The van der Waals surface area contributed by atoms with E-state index in [0.29, 0.717) is 6.04 Å². The lowest BCUT2D eigenvalue weighted by molar-refractivity contribution is 0.0568. The zero-order chi connectivity index (χ0) is 14.0. The zero-order valence-corrected chi connectivity index (χ0v) is 12.6. The molecule has 19 heavy (non-hydrogen) atoms. The highest BCUT2D eigenvalue weighted by Crippen LogP contribution is 2.19. The van der Waals surface area contributed by atoms with Crippen molar-refractivity contribution in [2.45, 2.75) is 32.9 Å². The van der Waals surface area contributed by atoms with Crippen molar-refractivity contribution in [3.8, 4) is 0 Å². The van der Waals surface area contributed by atoms with Crippen LogP contribution in [0.2, 0.25) is 0 Å². The predicted octanol–water partition coefficient (Wildman–Crippen LogP) is 1.97. The highest BCUT2D eigenvalue weighted by Gasteiger charge is 2.22. The van der Waals surface area contributed by atoms with Crippen LogP contribution < -0.4 is 0 Å². The highest BCUT2D eigenvalue weighted by molar-refractivity contribution is 5.31. The molecule has 2 atom stereocenters. The third-order valence-corrected chi connectivity index (χ3v) is 4.39. The third kappa shape index (κ3) is 3.56. The molecule has 106 valence electrons. The van der Waals surface area contributed by atoms with Crippen molar-refractivity contribution in [2.75, 3.05) is 33.2 Å². The first-order chi connectivity index (χ1) is 8.97. The molecule has 0 spiro atoms. The fourth-order valence-electron chi connectivity index (χ4n) is 2.61. The van der Waals surface area contributed by atoms with Crippen molar-refractivity contribution >= 4 is 0 Å². The van der Waals surface area contributed by atoms with Crippen LogP contribution >= 0.6 is 0 Å². The van der Waals surface area contributed by atoms with Gasteiger partial charge < -0.3 is 10.0 Å². The lowest BCUT2D eigenvalue weighted by Gasteiger charge is -2.38. The van der Waals surface area contributed by atoms with Gasteiger partial charge in [0.15, 0.2) is 0 Å². The van der Waals surface area contributed by atoms with E-state index in [1.165, 1.54) is 11.1 Å². The molecule has 1 aliphatic rings. The standard InChI is InChI=1S/C16H26N2O/c1-12-5-6-15(9-13(12)2)16(19)11-18-8-7-17(4)14(3)10-18/h5-6,9,14,16,19H,7-8,10-11H2,1-4H3. The Morgan fingerprint density at radius 3 is 2.63 bits per heavy atom. The summed E-state index contributed by atoms with van der Waals surface area (Å²) < 4.78 is 0. The van der Waals surface area contributed by atoms with Crippen LogP contribution in [0.25, 0.3) is 0 Å². The van der Waals surface area contributed by atoms with E-state index < -0.39 is 0 Å². The number of aryl methyl sites for hydroxylation is 2. The van der Waals surface area contributed by atoms with Crippen LogP contribution in [0.1, 0.15) is 29.7 Å². The first kappa shape index (κ1) is 14.5. The van der Waals surface area contributed by atoms with Gasteiger partial charge in [0.1, 0.15) is 0 Å². The van der Waals surface area contributed by atoms with Crippen molar-refractivity contribution < 1.29 is 5.11 Å². The average molecular weight is 262 g/mol. The molecule has 0 bridgehead atoms. The summed E-state index contributed by atoms with van der Waals surface area (Å²) in [4.78, 5) is 4.74. The summed E-state index contributed by atoms with van der Waals surface area (Å²) in [6.45, 7) is 10.4. The molecule has 0 aromatic heterocycles. The lowest BCUT2D eigenvalue weighted by atomic mass is 10.0. The Morgan fingerprint density at radius 1 is 1.26 bits per heavy atom. The lowest BCUT2D eigenvalue weighted by Crippen LogP contribution is -2.50. The first-order valence-corrected chi connectivity index (χ1v) is 7.15. The number of hydrogen-bond donors (Lipinski definition) is 1. The molecule has 2 rings (SSSR count). The van der Waals surface area contributed by atoms with Gasteiger partial charge in [-0.25, -0.2) is 0 Å². The minimum atomic E-state index is -0.380. The molecule has 0 amide bonds. The highest BCUT2D eigenvalue weighted by atomic mass is 16.3. The average Bonchev–Trinajstić information content (AvgIpc) is 2.37. The largest absolute Gasteiger partial charge is 0.387 e. The Bertz CT molecular complexity index is 433. The SMILES string of the molecule is Cc1ccc(C(O)CN2CCN(C)C(C)C2)cc1C. The quantitative estimate of drug-likeness (QED) is 0.902. The van der Waals surface area contributed by atoms with Crippen LogP contribution in [0.4, 0.5) is 0 Å². The van der Waals surface area contributed by atoms with Gasteiger partial charge in [-0.05, 0) is 44.5 Å². The van der Waals surface area contributed by atoms with Crippen LogP contribution in [-0.2, 0) is 0 Å². The number of piperazine rings is 1. The van der Waals surface area contributed by atoms with Crippen LogP contribution in [-0.4, -0.2) is 54.2 Å². The molecular weight excluding hydrogens is 236 g/mol. The van der Waals surface area contributed by atoms with E-state index >= 15 is 0 Å². The number of aliphatic hydroxyl groups is 1. The first-order valence-electron chi connectivity index (χ1n) is 7.15. The number of rotatable bonds is 3. The summed E-state index contributed by atoms with van der Waals surface area (Å²) in [5.41, 5.74) is 3.57. The van der Waals surface area contributed by atoms with Gasteiger partial charge in [0.05, 0.1) is 6.10 Å². The Kier molecular flexibility index (Phi) is 4.61. The molecule has 0 radical (unpaired) electrons. The maximum atomic E-state index is 10.4. The van der Waals surface area contributed by atoms with Gasteiger partial charge in [-0.2, -0.15) is 0 Å². The summed E-state index contributed by atoms with van der Waals surface area (Å²) in [5.74, 6) is 0. The van der Waals surface area contributed by atoms with E-state index in [4.69, 9.17) is 0 Å². The molecule has 1 aromatic rings. The summed E-state index contributed by atoms with van der Waals surface area (Å²) >= 11 is 0. The summed E-state index contributed by atoms with van der Waals surface area (Å²) in [6.07, 6.45) is -0.380. The van der Waals surface area contributed by atoms with Crippen molar-refractivity contribution in [1.82, 2.24) is 9.80 Å². The number of hydrogen-bond acceptors (Lipinski definition) is 3. The van der Waals surface area contributed by atoms with E-state index in [2.05, 4.69) is 49.8 Å². The Hall–Kier alpha value is -0.900. The molecule has 3 nitrogen and oxygen atoms in total. The molecule has 2 unspecified atom stereocenters. The van der Waals surface area contributed by atoms with E-state index in [1.807, 2.05) is 6.07 Å². The maximum absolute atomic E-state index is 10.4. The van der Waals surface area contributed by atoms with Gasteiger partial charge in [-0.1, -0.05) is 18.2 Å². The molecule has 1 fully saturated rings. The van der Waals surface area contributed by atoms with Gasteiger partial charge in [-0.15, -0.1) is 0 Å². The second-order valence-corrected chi connectivity index (χ2v) is 5.95. The molecule has 1 aromatic carbocycles. The Labute approximate surface area is 116 Å². The van der Waals surface area contributed by atoms with Gasteiger partial charge >= 0.3 is 0 Å². The monoisotopic (exact) mass is 262 g/mol. The fourth-order valence-corrected chi connectivity index (χ4v) is 2.61. The van der Waals surface area contributed by atoms with Crippen molar-refractivity contribution in [1.29, 1.82) is 0 Å². The van der Waals surface area contributed by atoms with Crippen LogP contribution in [0.3, 0.4) is 0 Å². The van der Waals surface area contributed by atoms with Crippen LogP contribution in [0, 0.1) is 13.8 Å². The van der Waals surface area contributed by atoms with Crippen molar-refractivity contribution in [3.05, 3.63) is 34.9 Å². The number of likely N-dealkylation sites (N-methyl/N-ethyl adjacent to an activating group) is 1. The number of benzene rings is 1. The minimum Gasteiger partial charge on any atom is -0.387 e. The van der Waals surface area contributed by atoms with Crippen molar-refractivity contribution in [3.63, 3.8) is 0 Å². The molecule has 1 heterocycles. The van der Waals surface area contributed by atoms with E-state index in [-0.39, 0.29) is 6.10 Å². The normalized spacial score (nSPS) is 23.5. The van der Waals surface area contributed by atoms with Gasteiger partial charge in [0.2, 0.25) is 0 Å². The van der Waals surface area contributed by atoms with Gasteiger partial charge in [0, 0.05) is 32.2 Å². The maximum Gasteiger partial charge on any atom is 0.0917 e. The third-order valence-electron chi connectivity index (χ3n) is 4.39. The van der Waals surface area contributed by atoms with Gasteiger partial charge in [-0.3, -0.25) is 4.90 Å². The molecule has 0 aliphatic carbocycles. The summed E-state index contributed by atoms with van der Waals surface area (Å²) in [5, 5.41) is 10.4. The number of β-amino-alcohol motifs (C(OH)–C–C–N with tert-alkyl or cyclic N) is 1. The summed E-state index contributed by atoms with van der Waals surface area (Å²) in [6, 6.07) is 6.83. The topological polar surface area (TPSA) is 26.7 Å². The molecule has 1 saturated heterocycles. The minimum absolute atomic E-state index is 0.380. The number of nitrogens with zero attached hydrogens (tertiary/aromatic N) is 2. The smallest absolute Gasteiger partial charge is 0.0917 e. The van der Waals surface area contributed by atoms with E-state index in [9.17, 15) is 5.11 Å². The predicted molar refractivity (Wildman–Crippen MR) is 79.4 cm³/mol. The molecule has 3 heteroatoms. The zero-order valence-electron chi connectivity index (χ0n) is 12.6. The summed E-state index contributed by atoms with van der Waals surface area (Å²) in [7, 11) is 2.17. The second kappa shape index (κ2) is 6.04. The Balaban J connectivity index is 1.97. The Morgan fingerprint density at radius 2 is 2.00 bits per heavy atom. The molecule has 1 aliphatic heterocycles. The van der Waals surface area contributed by atoms with E-state index in [0.717, 1.165) is 31.7 Å². The molecule has 1 N–H and O–H groups in total. The van der Waals surface area contributed by atoms with Crippen LogP contribution in [0.5, 0.6) is 0 Å².